The van der Waals surface area contributed by atoms with E-state index in [-0.39, 0.29) is 0 Å². The maximum Gasteiger partial charge on any atom is 0.107 e. The van der Waals surface area contributed by atoms with Crippen LogP contribution in [0.1, 0.15) is 38.6 Å². The molecule has 1 nitrogen and oxygen atoms in total. The average Bonchev–Trinajstić information content (AvgIpc) is 2.51. The number of thiophene rings is 1. The van der Waals surface area contributed by atoms with Gasteiger partial charge in [-0.05, 0) is 45.8 Å². The topological polar surface area (TPSA) is 12.0 Å². The van der Waals surface area contributed by atoms with E-state index < -0.39 is 0 Å². The molecular formula is C13H19BrClNS. The van der Waals surface area contributed by atoms with Crippen LogP contribution in [0.25, 0.3) is 0 Å². The van der Waals surface area contributed by atoms with Crippen LogP contribution in [0.4, 0.5) is 0 Å². The number of rotatable bonds is 3. The van der Waals surface area contributed by atoms with Crippen LogP contribution < -0.4 is 5.32 Å². The van der Waals surface area contributed by atoms with E-state index in [0.717, 1.165) is 8.81 Å². The molecule has 1 heterocycles. The fraction of sp³-hybridized carbons (Fsp3) is 0.692. The third kappa shape index (κ3) is 1.99. The van der Waals surface area contributed by atoms with Crippen molar-refractivity contribution in [1.29, 1.82) is 0 Å². The standard InChI is InChI=1S/C13H19BrClNS/c1-12(2)10(13(12,3)4)9(16-5)8-6-7(14)11(15)17-8/h6,9-10,16H,1-5H3. The van der Waals surface area contributed by atoms with Gasteiger partial charge in [0.2, 0.25) is 0 Å². The van der Waals surface area contributed by atoms with Crippen molar-refractivity contribution in [3.63, 3.8) is 0 Å². The van der Waals surface area contributed by atoms with Crippen LogP contribution in [-0.2, 0) is 0 Å². The molecule has 1 aromatic heterocycles. The van der Waals surface area contributed by atoms with E-state index in [2.05, 4.69) is 55.0 Å². The van der Waals surface area contributed by atoms with Gasteiger partial charge in [0.15, 0.2) is 0 Å². The zero-order chi connectivity index (χ0) is 13.0. The highest BCUT2D eigenvalue weighted by atomic mass is 79.9. The Hall–Kier alpha value is 0.430. The first-order chi connectivity index (χ1) is 7.73. The molecule has 0 amide bonds. The van der Waals surface area contributed by atoms with E-state index in [1.165, 1.54) is 4.88 Å². The molecule has 0 bridgehead atoms. The van der Waals surface area contributed by atoms with E-state index in [9.17, 15) is 0 Å². The second kappa shape index (κ2) is 4.22. The van der Waals surface area contributed by atoms with Crippen LogP contribution in [0.5, 0.6) is 0 Å². The van der Waals surface area contributed by atoms with Crippen LogP contribution in [0.15, 0.2) is 10.5 Å². The first-order valence-corrected chi connectivity index (χ1v) is 7.84. The maximum absolute atomic E-state index is 6.14. The summed E-state index contributed by atoms with van der Waals surface area (Å²) < 4.78 is 1.85. The van der Waals surface area contributed by atoms with Gasteiger partial charge in [0.1, 0.15) is 4.34 Å². The van der Waals surface area contributed by atoms with E-state index in [1.54, 1.807) is 11.3 Å². The molecule has 1 unspecified atom stereocenters. The molecule has 1 aliphatic rings. The van der Waals surface area contributed by atoms with Gasteiger partial charge in [0, 0.05) is 15.4 Å². The molecule has 0 radical (unpaired) electrons. The van der Waals surface area contributed by atoms with E-state index in [4.69, 9.17) is 11.6 Å². The van der Waals surface area contributed by atoms with Gasteiger partial charge in [-0.3, -0.25) is 0 Å². The lowest BCUT2D eigenvalue weighted by atomic mass is 10.0. The summed E-state index contributed by atoms with van der Waals surface area (Å²) in [7, 11) is 2.04. The van der Waals surface area contributed by atoms with Crippen LogP contribution in [0, 0.1) is 16.7 Å². The molecule has 1 aromatic rings. The predicted octanol–water partition coefficient (Wildman–Crippen LogP) is 5.11. The van der Waals surface area contributed by atoms with Crippen LogP contribution in [0.2, 0.25) is 4.34 Å². The first kappa shape index (κ1) is 13.9. The van der Waals surface area contributed by atoms with E-state index in [0.29, 0.717) is 22.8 Å². The molecule has 96 valence electrons. The molecule has 0 saturated heterocycles. The lowest BCUT2D eigenvalue weighted by molar-refractivity contribution is 0.444. The van der Waals surface area contributed by atoms with Gasteiger partial charge in [-0.15, -0.1) is 11.3 Å². The normalized spacial score (nSPS) is 23.7. The molecule has 0 aliphatic heterocycles. The molecule has 17 heavy (non-hydrogen) atoms. The smallest absolute Gasteiger partial charge is 0.107 e. The Balaban J connectivity index is 2.31. The minimum Gasteiger partial charge on any atom is -0.312 e. The summed E-state index contributed by atoms with van der Waals surface area (Å²) in [5.41, 5.74) is 0.757. The summed E-state index contributed by atoms with van der Waals surface area (Å²) in [5, 5.41) is 3.46. The Morgan fingerprint density at radius 1 is 1.35 bits per heavy atom. The van der Waals surface area contributed by atoms with Crippen molar-refractivity contribution in [2.45, 2.75) is 33.7 Å². The van der Waals surface area contributed by atoms with Gasteiger partial charge >= 0.3 is 0 Å². The van der Waals surface area contributed by atoms with Crippen molar-refractivity contribution in [1.82, 2.24) is 5.32 Å². The van der Waals surface area contributed by atoms with Crippen LogP contribution >= 0.6 is 38.9 Å². The van der Waals surface area contributed by atoms with Gasteiger partial charge in [0.05, 0.1) is 0 Å². The lowest BCUT2D eigenvalue weighted by Crippen LogP contribution is -2.20. The molecule has 4 heteroatoms. The summed E-state index contributed by atoms with van der Waals surface area (Å²) in [5.74, 6) is 0.654. The summed E-state index contributed by atoms with van der Waals surface area (Å²) in [6, 6.07) is 2.55. The molecular weight excluding hydrogens is 318 g/mol. The summed E-state index contributed by atoms with van der Waals surface area (Å²) in [4.78, 5) is 1.33. The van der Waals surface area contributed by atoms with Crippen molar-refractivity contribution < 1.29 is 0 Å². The lowest BCUT2D eigenvalue weighted by Gasteiger charge is -2.16. The number of halogens is 2. The fourth-order valence-electron chi connectivity index (χ4n) is 3.07. The Kier molecular flexibility index (Phi) is 3.44. The highest BCUT2D eigenvalue weighted by Crippen LogP contribution is 2.72. The molecule has 1 fully saturated rings. The van der Waals surface area contributed by atoms with Gasteiger partial charge in [-0.1, -0.05) is 39.3 Å². The van der Waals surface area contributed by atoms with E-state index in [1.807, 2.05) is 7.05 Å². The van der Waals surface area contributed by atoms with Gasteiger partial charge < -0.3 is 5.32 Å². The highest BCUT2D eigenvalue weighted by molar-refractivity contribution is 9.10. The van der Waals surface area contributed by atoms with Gasteiger partial charge in [-0.25, -0.2) is 0 Å². The van der Waals surface area contributed by atoms with Gasteiger partial charge in [0.25, 0.3) is 0 Å². The average molecular weight is 337 g/mol. The van der Waals surface area contributed by atoms with Crippen LogP contribution in [-0.4, -0.2) is 7.05 Å². The Morgan fingerprint density at radius 3 is 2.18 bits per heavy atom. The van der Waals surface area contributed by atoms with Crippen molar-refractivity contribution in [2.24, 2.45) is 16.7 Å². The molecule has 0 spiro atoms. The third-order valence-corrected chi connectivity index (χ3v) is 7.31. The van der Waals surface area contributed by atoms with Crippen molar-refractivity contribution in [3.8, 4) is 0 Å². The Bertz CT molecular complexity index is 405. The summed E-state index contributed by atoms with van der Waals surface area (Å²) in [6.45, 7) is 9.41. The van der Waals surface area contributed by atoms with E-state index >= 15 is 0 Å². The minimum atomic E-state index is 0.379. The first-order valence-electron chi connectivity index (χ1n) is 5.85. The number of hydrogen-bond donors (Lipinski definition) is 1. The number of hydrogen-bond acceptors (Lipinski definition) is 2. The fourth-order valence-corrected chi connectivity index (χ4v) is 4.95. The Morgan fingerprint density at radius 2 is 1.88 bits per heavy atom. The second-order valence-corrected chi connectivity index (χ2v) is 8.50. The third-order valence-electron chi connectivity index (χ3n) is 4.75. The maximum atomic E-state index is 6.14. The predicted molar refractivity (Wildman–Crippen MR) is 79.9 cm³/mol. The molecule has 2 rings (SSSR count). The Labute approximate surface area is 121 Å². The van der Waals surface area contributed by atoms with Crippen molar-refractivity contribution >= 4 is 38.9 Å². The summed E-state index contributed by atoms with van der Waals surface area (Å²) in [6.07, 6.45) is 0. The molecule has 1 saturated carbocycles. The highest BCUT2D eigenvalue weighted by Gasteiger charge is 2.67. The number of nitrogens with one attached hydrogen (secondary N) is 1. The second-order valence-electron chi connectivity index (χ2n) is 5.96. The van der Waals surface area contributed by atoms with Crippen molar-refractivity contribution in [3.05, 3.63) is 19.8 Å². The quantitative estimate of drug-likeness (QED) is 0.809. The molecule has 1 N–H and O–H groups in total. The molecule has 1 aliphatic carbocycles. The minimum absolute atomic E-state index is 0.379. The zero-order valence-electron chi connectivity index (χ0n) is 10.9. The largest absolute Gasteiger partial charge is 0.312 e. The van der Waals surface area contributed by atoms with Crippen molar-refractivity contribution in [2.75, 3.05) is 7.05 Å². The van der Waals surface area contributed by atoms with Crippen LogP contribution in [0.3, 0.4) is 0 Å². The molecule has 0 aromatic carbocycles. The SMILES string of the molecule is CNC(c1cc(Br)c(Cl)s1)C1C(C)(C)C1(C)C. The molecule has 1 atom stereocenters. The summed E-state index contributed by atoms with van der Waals surface area (Å²) >= 11 is 11.3. The monoisotopic (exact) mass is 335 g/mol. The zero-order valence-corrected chi connectivity index (χ0v) is 14.1. The van der Waals surface area contributed by atoms with Gasteiger partial charge in [-0.2, -0.15) is 0 Å².